The van der Waals surface area contributed by atoms with Gasteiger partial charge in [0.25, 0.3) is 7.82 Å². The van der Waals surface area contributed by atoms with Crippen LogP contribution in [0.1, 0.15) is 232 Å². The lowest BCUT2D eigenvalue weighted by Gasteiger charge is -2.28. The molecule has 0 saturated heterocycles. The maximum atomic E-state index is 12.7. The zero-order valence-electron chi connectivity index (χ0n) is 39.9. The van der Waals surface area contributed by atoms with Gasteiger partial charge in [-0.15, -0.1) is 0 Å². The zero-order valence-corrected chi connectivity index (χ0v) is 40.8. The highest BCUT2D eigenvalue weighted by Crippen LogP contribution is 2.38. The van der Waals surface area contributed by atoms with E-state index >= 15 is 0 Å². The Balaban J connectivity index is 4.27. The summed E-state index contributed by atoms with van der Waals surface area (Å²) in [6.45, 7) is 4.24. The lowest BCUT2D eigenvalue weighted by atomic mass is 10.1. The highest BCUT2D eigenvalue weighted by atomic mass is 31.2. The maximum Gasteiger partial charge on any atom is 0.306 e. The number of hydrogen-bond donors (Lipinski definition) is 0. The van der Waals surface area contributed by atoms with E-state index in [-0.39, 0.29) is 32.0 Å². The first-order valence-corrected chi connectivity index (χ1v) is 26.5. The minimum Gasteiger partial charge on any atom is -0.756 e. The van der Waals surface area contributed by atoms with Crippen LogP contribution in [0.5, 0.6) is 0 Å². The highest BCUT2D eigenvalue weighted by Gasteiger charge is 2.21. The summed E-state index contributed by atoms with van der Waals surface area (Å²) in [4.78, 5) is 37.7. The molecule has 0 radical (unpaired) electrons. The molecule has 354 valence electrons. The Morgan fingerprint density at radius 3 is 1.23 bits per heavy atom. The summed E-state index contributed by atoms with van der Waals surface area (Å²) in [5.74, 6) is -0.833. The number of rotatable bonds is 46. The number of phosphoric ester groups is 1. The Hall–Kier alpha value is -1.51. The first-order valence-electron chi connectivity index (χ1n) is 25.0. The number of likely N-dealkylation sites (N-methyl/N-ethyl adjacent to an activating group) is 1. The highest BCUT2D eigenvalue weighted by molar-refractivity contribution is 7.45. The van der Waals surface area contributed by atoms with Crippen molar-refractivity contribution in [3.8, 4) is 0 Å². The van der Waals surface area contributed by atoms with Gasteiger partial charge in [-0.1, -0.05) is 179 Å². The molecular weight excluding hydrogens is 774 g/mol. The summed E-state index contributed by atoms with van der Waals surface area (Å²) >= 11 is 0. The SMILES string of the molecule is CCCCCCCC/C=C/CCCCCCCCCCCC(=O)O[C@H](COC(=O)CCCCCCCCC/C=C/CCCCCCCC)COP(=O)([O-])OCC[N+](C)(C)C. The van der Waals surface area contributed by atoms with Crippen molar-refractivity contribution in [1.82, 2.24) is 0 Å². The minimum atomic E-state index is -4.63. The Bertz CT molecular complexity index is 1070. The van der Waals surface area contributed by atoms with Crippen molar-refractivity contribution >= 4 is 19.8 Å². The van der Waals surface area contributed by atoms with Crippen molar-refractivity contribution in [2.45, 2.75) is 238 Å². The monoisotopic (exact) mass is 870 g/mol. The second-order valence-corrected chi connectivity index (χ2v) is 19.6. The van der Waals surface area contributed by atoms with Gasteiger partial charge in [-0.2, -0.15) is 0 Å². The van der Waals surface area contributed by atoms with Crippen LogP contribution in [-0.4, -0.2) is 70.0 Å². The average molecular weight is 870 g/mol. The fourth-order valence-electron chi connectivity index (χ4n) is 7.00. The summed E-state index contributed by atoms with van der Waals surface area (Å²) in [6, 6.07) is 0. The number of allylic oxidation sites excluding steroid dienone is 4. The van der Waals surface area contributed by atoms with Crippen molar-refractivity contribution in [3.63, 3.8) is 0 Å². The number of unbranched alkanes of at least 4 members (excludes halogenated alkanes) is 28. The van der Waals surface area contributed by atoms with E-state index in [0.717, 1.165) is 51.4 Å². The third-order valence-corrected chi connectivity index (χ3v) is 11.9. The van der Waals surface area contributed by atoms with Crippen LogP contribution in [0.4, 0.5) is 0 Å². The molecule has 0 spiro atoms. The molecule has 0 bridgehead atoms. The second kappa shape index (κ2) is 42.8. The van der Waals surface area contributed by atoms with E-state index in [4.69, 9.17) is 18.5 Å². The molecule has 0 amide bonds. The first kappa shape index (κ1) is 58.5. The number of phosphoric acid groups is 1. The maximum absolute atomic E-state index is 12.7. The molecule has 0 aromatic heterocycles. The summed E-state index contributed by atoms with van der Waals surface area (Å²) < 4.78 is 34.0. The van der Waals surface area contributed by atoms with Crippen LogP contribution in [0.15, 0.2) is 24.3 Å². The van der Waals surface area contributed by atoms with Gasteiger partial charge in [0.15, 0.2) is 6.10 Å². The van der Waals surface area contributed by atoms with E-state index < -0.39 is 26.5 Å². The number of nitrogens with zero attached hydrogens (tertiary/aromatic N) is 1. The van der Waals surface area contributed by atoms with Crippen LogP contribution in [-0.2, 0) is 32.7 Å². The molecule has 0 saturated carbocycles. The van der Waals surface area contributed by atoms with Gasteiger partial charge in [-0.05, 0) is 64.2 Å². The molecule has 2 atom stereocenters. The van der Waals surface area contributed by atoms with Crippen molar-refractivity contribution in [1.29, 1.82) is 0 Å². The Morgan fingerprint density at radius 1 is 0.500 bits per heavy atom. The van der Waals surface area contributed by atoms with Gasteiger partial charge >= 0.3 is 11.9 Å². The number of quaternary nitrogens is 1. The number of carbonyl (C=O) groups excluding carboxylic acids is 2. The molecule has 0 rings (SSSR count). The van der Waals surface area contributed by atoms with Crippen molar-refractivity contribution in [2.24, 2.45) is 0 Å². The number of carbonyl (C=O) groups is 2. The quantitative estimate of drug-likeness (QED) is 0.0195. The molecule has 0 fully saturated rings. The predicted octanol–water partition coefficient (Wildman–Crippen LogP) is 14.1. The molecular formula is C50H96NO8P. The smallest absolute Gasteiger partial charge is 0.306 e. The number of ether oxygens (including phenoxy) is 2. The topological polar surface area (TPSA) is 111 Å². The molecule has 9 nitrogen and oxygen atoms in total. The predicted molar refractivity (Wildman–Crippen MR) is 250 cm³/mol. The zero-order chi connectivity index (χ0) is 44.3. The summed E-state index contributed by atoms with van der Waals surface area (Å²) in [5, 5.41) is 0. The largest absolute Gasteiger partial charge is 0.756 e. The van der Waals surface area contributed by atoms with Crippen LogP contribution in [0.25, 0.3) is 0 Å². The lowest BCUT2D eigenvalue weighted by Crippen LogP contribution is -2.37. The van der Waals surface area contributed by atoms with Gasteiger partial charge in [-0.25, -0.2) is 0 Å². The Morgan fingerprint density at radius 2 is 0.850 bits per heavy atom. The summed E-state index contributed by atoms with van der Waals surface area (Å²) in [5.41, 5.74) is 0. The third kappa shape index (κ3) is 46.0. The average Bonchev–Trinajstić information content (AvgIpc) is 3.20. The molecule has 0 heterocycles. The molecule has 0 N–H and O–H groups in total. The van der Waals surface area contributed by atoms with Crippen molar-refractivity contribution < 1.29 is 42.1 Å². The molecule has 60 heavy (non-hydrogen) atoms. The Labute approximate surface area is 370 Å². The van der Waals surface area contributed by atoms with E-state index in [1.807, 2.05) is 21.1 Å². The van der Waals surface area contributed by atoms with Crippen LogP contribution in [0.2, 0.25) is 0 Å². The van der Waals surface area contributed by atoms with E-state index in [0.29, 0.717) is 17.4 Å². The first-order chi connectivity index (χ1) is 29.0. The van der Waals surface area contributed by atoms with Gasteiger partial charge in [0.2, 0.25) is 0 Å². The number of hydrogen-bond acceptors (Lipinski definition) is 8. The minimum absolute atomic E-state index is 0.0303. The van der Waals surface area contributed by atoms with E-state index in [1.165, 1.54) is 148 Å². The Kier molecular flexibility index (Phi) is 41.7. The third-order valence-electron chi connectivity index (χ3n) is 10.9. The van der Waals surface area contributed by atoms with Crippen molar-refractivity contribution in [2.75, 3.05) is 47.5 Å². The molecule has 1 unspecified atom stereocenters. The van der Waals surface area contributed by atoms with Gasteiger partial charge in [-0.3, -0.25) is 14.2 Å². The van der Waals surface area contributed by atoms with E-state index in [9.17, 15) is 19.0 Å². The van der Waals surface area contributed by atoms with Crippen LogP contribution < -0.4 is 4.89 Å². The normalized spacial score (nSPS) is 13.6. The molecule has 0 aliphatic rings. The standard InChI is InChI=1S/C50H96NO8P/c1-6-8-10-12-14-16-18-20-22-24-25-27-29-31-33-35-37-39-41-43-50(53)59-48(47-58-60(54,55)57-45-44-51(3,4)5)46-56-49(52)42-40-38-36-34-32-30-28-26-23-21-19-17-15-13-11-9-7-2/h20-23,48H,6-19,24-47H2,1-5H3/b22-20+,23-21+/t48-/m1/s1. The lowest BCUT2D eigenvalue weighted by molar-refractivity contribution is -0.870. The fourth-order valence-corrected chi connectivity index (χ4v) is 7.73. The second-order valence-electron chi connectivity index (χ2n) is 18.2. The summed E-state index contributed by atoms with van der Waals surface area (Å²) in [6.07, 6.45) is 47.7. The van der Waals surface area contributed by atoms with Gasteiger partial charge in [0.1, 0.15) is 19.8 Å². The molecule has 0 aliphatic heterocycles. The van der Waals surface area contributed by atoms with Crippen LogP contribution in [0, 0.1) is 0 Å². The van der Waals surface area contributed by atoms with Gasteiger partial charge in [0.05, 0.1) is 27.7 Å². The molecule has 0 aromatic rings. The van der Waals surface area contributed by atoms with Crippen LogP contribution >= 0.6 is 7.82 Å². The van der Waals surface area contributed by atoms with Gasteiger partial charge < -0.3 is 27.9 Å². The molecule has 10 heteroatoms. The van der Waals surface area contributed by atoms with Gasteiger partial charge in [0, 0.05) is 12.8 Å². The number of esters is 2. The van der Waals surface area contributed by atoms with Crippen molar-refractivity contribution in [3.05, 3.63) is 24.3 Å². The van der Waals surface area contributed by atoms with Crippen LogP contribution in [0.3, 0.4) is 0 Å². The molecule has 0 aliphatic carbocycles. The van der Waals surface area contributed by atoms with E-state index in [2.05, 4.69) is 38.2 Å². The summed E-state index contributed by atoms with van der Waals surface area (Å²) in [7, 11) is 1.17. The van der Waals surface area contributed by atoms with E-state index in [1.54, 1.807) is 0 Å². The fraction of sp³-hybridized carbons (Fsp3) is 0.880. The molecule has 0 aromatic carbocycles.